The lowest BCUT2D eigenvalue weighted by Gasteiger charge is -2.32. The number of benzene rings is 1. The van der Waals surface area contributed by atoms with Crippen molar-refractivity contribution in [2.24, 2.45) is 0 Å². The zero-order valence-corrected chi connectivity index (χ0v) is 13.3. The van der Waals surface area contributed by atoms with Gasteiger partial charge in [0.1, 0.15) is 22.7 Å². The van der Waals surface area contributed by atoms with Crippen molar-refractivity contribution >= 4 is 11.9 Å². The van der Waals surface area contributed by atoms with Crippen LogP contribution in [0.4, 0.5) is 8.78 Å². The van der Waals surface area contributed by atoms with Crippen LogP contribution in [0.15, 0.2) is 18.2 Å². The van der Waals surface area contributed by atoms with E-state index in [4.69, 9.17) is 4.74 Å². The van der Waals surface area contributed by atoms with E-state index in [1.54, 1.807) is 0 Å². The molecule has 1 aromatic rings. The first-order valence-electron chi connectivity index (χ1n) is 7.77. The first-order chi connectivity index (χ1) is 11.4. The summed E-state index contributed by atoms with van der Waals surface area (Å²) in [5.41, 5.74) is -1.82. The Balaban J connectivity index is 2.03. The SMILES string of the molecule is CC(OC(=O)c1c(F)cccc1F)C(=O)NC1(C#N)CCCCC1. The number of esters is 1. The predicted octanol–water partition coefficient (Wildman–Crippen LogP) is 2.85. The molecule has 7 heteroatoms. The van der Waals surface area contributed by atoms with Crippen LogP contribution in [-0.2, 0) is 9.53 Å². The Morgan fingerprint density at radius 3 is 2.38 bits per heavy atom. The lowest BCUT2D eigenvalue weighted by Crippen LogP contribution is -2.52. The molecule has 1 aliphatic rings. The fourth-order valence-corrected chi connectivity index (χ4v) is 2.72. The molecule has 0 bridgehead atoms. The van der Waals surface area contributed by atoms with E-state index in [1.165, 1.54) is 6.92 Å². The Labute approximate surface area is 138 Å². The Kier molecular flexibility index (Phi) is 5.50. The zero-order chi connectivity index (χ0) is 17.7. The smallest absolute Gasteiger partial charge is 0.344 e. The van der Waals surface area contributed by atoms with Crippen molar-refractivity contribution in [1.82, 2.24) is 5.32 Å². The molecule has 1 aliphatic carbocycles. The number of nitrogens with zero attached hydrogens (tertiary/aromatic N) is 1. The van der Waals surface area contributed by atoms with E-state index in [-0.39, 0.29) is 0 Å². The molecule has 1 fully saturated rings. The van der Waals surface area contributed by atoms with Gasteiger partial charge in [0.2, 0.25) is 0 Å². The molecular formula is C17H18F2N2O3. The molecule has 1 saturated carbocycles. The van der Waals surface area contributed by atoms with Gasteiger partial charge in [-0.3, -0.25) is 4.79 Å². The number of hydrogen-bond acceptors (Lipinski definition) is 4. The van der Waals surface area contributed by atoms with Crippen LogP contribution in [0.25, 0.3) is 0 Å². The number of ether oxygens (including phenoxy) is 1. The van der Waals surface area contributed by atoms with E-state index in [0.717, 1.165) is 37.5 Å². The van der Waals surface area contributed by atoms with Crippen molar-refractivity contribution in [3.8, 4) is 6.07 Å². The van der Waals surface area contributed by atoms with Crippen LogP contribution in [0.3, 0.4) is 0 Å². The van der Waals surface area contributed by atoms with Gasteiger partial charge in [0.15, 0.2) is 6.10 Å². The van der Waals surface area contributed by atoms with Crippen molar-refractivity contribution in [2.75, 3.05) is 0 Å². The third-order valence-electron chi connectivity index (χ3n) is 4.10. The second kappa shape index (κ2) is 7.39. The lowest BCUT2D eigenvalue weighted by atomic mass is 9.83. The third-order valence-corrected chi connectivity index (χ3v) is 4.10. The molecule has 1 amide bonds. The molecule has 128 valence electrons. The van der Waals surface area contributed by atoms with E-state index in [2.05, 4.69) is 11.4 Å². The number of rotatable bonds is 4. The molecule has 1 unspecified atom stereocenters. The Bertz CT molecular complexity index is 659. The van der Waals surface area contributed by atoms with Crippen LogP contribution in [0.5, 0.6) is 0 Å². The number of halogens is 2. The van der Waals surface area contributed by atoms with Gasteiger partial charge >= 0.3 is 5.97 Å². The van der Waals surface area contributed by atoms with Crippen LogP contribution in [0, 0.1) is 23.0 Å². The molecule has 0 aliphatic heterocycles. The lowest BCUT2D eigenvalue weighted by molar-refractivity contribution is -0.130. The first-order valence-corrected chi connectivity index (χ1v) is 7.77. The molecule has 5 nitrogen and oxygen atoms in total. The summed E-state index contributed by atoms with van der Waals surface area (Å²) < 4.78 is 32.0. The largest absolute Gasteiger partial charge is 0.449 e. The fraction of sp³-hybridized carbons (Fsp3) is 0.471. The van der Waals surface area contributed by atoms with E-state index < -0.39 is 40.7 Å². The standard InChI is InChI=1S/C17H18F2N2O3/c1-11(15(22)21-17(10-20)8-3-2-4-9-17)24-16(23)14-12(18)6-5-7-13(14)19/h5-7,11H,2-4,8-9H2,1H3,(H,21,22). The quantitative estimate of drug-likeness (QED) is 0.858. The molecule has 0 heterocycles. The maximum atomic E-state index is 13.6. The minimum atomic E-state index is -1.27. The van der Waals surface area contributed by atoms with Gasteiger partial charge in [-0.2, -0.15) is 5.26 Å². The normalized spacial score (nSPS) is 17.4. The van der Waals surface area contributed by atoms with E-state index in [9.17, 15) is 23.6 Å². The molecule has 24 heavy (non-hydrogen) atoms. The summed E-state index contributed by atoms with van der Waals surface area (Å²) in [6.07, 6.45) is 2.42. The van der Waals surface area contributed by atoms with Gasteiger partial charge in [0.05, 0.1) is 6.07 Å². The second-order valence-corrected chi connectivity index (χ2v) is 5.89. The van der Waals surface area contributed by atoms with Crippen LogP contribution in [-0.4, -0.2) is 23.5 Å². The van der Waals surface area contributed by atoms with Crippen LogP contribution < -0.4 is 5.32 Å². The van der Waals surface area contributed by atoms with Gasteiger partial charge < -0.3 is 10.1 Å². The number of carbonyl (C=O) groups is 2. The van der Waals surface area contributed by atoms with Gasteiger partial charge in [-0.05, 0) is 31.9 Å². The second-order valence-electron chi connectivity index (χ2n) is 5.89. The fourth-order valence-electron chi connectivity index (χ4n) is 2.72. The molecule has 1 atom stereocenters. The number of hydrogen-bond donors (Lipinski definition) is 1. The van der Waals surface area contributed by atoms with Gasteiger partial charge in [0.25, 0.3) is 5.91 Å². The highest BCUT2D eigenvalue weighted by Crippen LogP contribution is 2.27. The average Bonchev–Trinajstić information content (AvgIpc) is 2.55. The van der Waals surface area contributed by atoms with Gasteiger partial charge in [-0.1, -0.05) is 25.3 Å². The highest BCUT2D eigenvalue weighted by molar-refractivity contribution is 5.92. The highest BCUT2D eigenvalue weighted by atomic mass is 19.1. The molecule has 0 saturated heterocycles. The topological polar surface area (TPSA) is 79.2 Å². The number of nitriles is 1. The maximum Gasteiger partial charge on any atom is 0.344 e. The molecule has 0 radical (unpaired) electrons. The minimum Gasteiger partial charge on any atom is -0.449 e. The summed E-state index contributed by atoms with van der Waals surface area (Å²) in [6.45, 7) is 1.29. The Hall–Kier alpha value is -2.49. The monoisotopic (exact) mass is 336 g/mol. The van der Waals surface area contributed by atoms with Gasteiger partial charge in [-0.15, -0.1) is 0 Å². The van der Waals surface area contributed by atoms with E-state index >= 15 is 0 Å². The molecule has 0 aromatic heterocycles. The van der Waals surface area contributed by atoms with Crippen molar-refractivity contribution in [2.45, 2.75) is 50.7 Å². The van der Waals surface area contributed by atoms with Gasteiger partial charge in [-0.25, -0.2) is 13.6 Å². The van der Waals surface area contributed by atoms with Crippen LogP contribution in [0.1, 0.15) is 49.4 Å². The van der Waals surface area contributed by atoms with Gasteiger partial charge in [0, 0.05) is 0 Å². The first kappa shape index (κ1) is 17.9. The number of amides is 1. The molecular weight excluding hydrogens is 318 g/mol. The molecule has 2 rings (SSSR count). The third kappa shape index (κ3) is 3.88. The Morgan fingerprint density at radius 2 is 1.83 bits per heavy atom. The maximum absolute atomic E-state index is 13.6. The molecule has 1 N–H and O–H groups in total. The Morgan fingerprint density at radius 1 is 1.25 bits per heavy atom. The van der Waals surface area contributed by atoms with Crippen molar-refractivity contribution in [1.29, 1.82) is 5.26 Å². The summed E-state index contributed by atoms with van der Waals surface area (Å²) in [5.74, 6) is -4.05. The number of carbonyl (C=O) groups excluding carboxylic acids is 2. The summed E-state index contributed by atoms with van der Waals surface area (Å²) in [4.78, 5) is 24.1. The zero-order valence-electron chi connectivity index (χ0n) is 13.3. The van der Waals surface area contributed by atoms with Crippen LogP contribution in [0.2, 0.25) is 0 Å². The summed E-state index contributed by atoms with van der Waals surface area (Å²) in [6, 6.07) is 5.09. The van der Waals surface area contributed by atoms with Crippen molar-refractivity contribution in [3.63, 3.8) is 0 Å². The minimum absolute atomic E-state index is 0.526. The summed E-state index contributed by atoms with van der Waals surface area (Å²) >= 11 is 0. The van der Waals surface area contributed by atoms with Crippen molar-refractivity contribution < 1.29 is 23.1 Å². The summed E-state index contributed by atoms with van der Waals surface area (Å²) in [7, 11) is 0. The van der Waals surface area contributed by atoms with E-state index in [1.807, 2.05) is 0 Å². The summed E-state index contributed by atoms with van der Waals surface area (Å²) in [5, 5.41) is 11.9. The number of nitrogens with one attached hydrogen (secondary N) is 1. The van der Waals surface area contributed by atoms with Crippen LogP contribution >= 0.6 is 0 Å². The molecule has 1 aromatic carbocycles. The van der Waals surface area contributed by atoms with E-state index in [0.29, 0.717) is 12.8 Å². The predicted molar refractivity (Wildman–Crippen MR) is 80.8 cm³/mol. The van der Waals surface area contributed by atoms with Crippen molar-refractivity contribution in [3.05, 3.63) is 35.4 Å². The molecule has 0 spiro atoms. The average molecular weight is 336 g/mol. The highest BCUT2D eigenvalue weighted by Gasteiger charge is 2.35.